The highest BCUT2D eigenvalue weighted by Gasteiger charge is 2.32. The van der Waals surface area contributed by atoms with Gasteiger partial charge in [0.15, 0.2) is 0 Å². The number of hydrogen-bond donors (Lipinski definition) is 3. The fraction of sp³-hybridized carbons (Fsp3) is 0.565. The summed E-state index contributed by atoms with van der Waals surface area (Å²) >= 11 is 0. The smallest absolute Gasteiger partial charge is 0.253 e. The molecule has 170 valence electrons. The summed E-state index contributed by atoms with van der Waals surface area (Å²) in [6, 6.07) is 6.15. The Kier molecular flexibility index (Phi) is 7.89. The van der Waals surface area contributed by atoms with Gasteiger partial charge in [-0.05, 0) is 38.3 Å². The minimum absolute atomic E-state index is 0.228. The summed E-state index contributed by atoms with van der Waals surface area (Å²) in [6.45, 7) is 4.69. The Bertz CT molecular complexity index is 1040. The van der Waals surface area contributed by atoms with E-state index in [1.165, 1.54) is 0 Å². The Labute approximate surface area is 184 Å². The van der Waals surface area contributed by atoms with Crippen molar-refractivity contribution in [1.82, 2.24) is 4.72 Å². The average molecular weight is 448 g/mol. The van der Waals surface area contributed by atoms with Gasteiger partial charge in [-0.3, -0.25) is 9.59 Å². The van der Waals surface area contributed by atoms with Crippen molar-refractivity contribution >= 4 is 21.4 Å². The van der Waals surface area contributed by atoms with E-state index in [0.717, 1.165) is 50.5 Å². The summed E-state index contributed by atoms with van der Waals surface area (Å²) < 4.78 is 28.5. The van der Waals surface area contributed by atoms with Gasteiger partial charge in [-0.15, -0.1) is 0 Å². The number of nitrogens with one attached hydrogen (secondary N) is 3. The molecule has 2 atom stereocenters. The lowest BCUT2D eigenvalue weighted by Crippen LogP contribution is -2.50. The van der Waals surface area contributed by atoms with Crippen LogP contribution < -0.4 is 26.2 Å². The van der Waals surface area contributed by atoms with Crippen LogP contribution in [-0.4, -0.2) is 27.0 Å². The molecule has 2 aromatic carbocycles. The van der Waals surface area contributed by atoms with Crippen LogP contribution in [0.4, 0.5) is 11.4 Å². The van der Waals surface area contributed by atoms with Crippen LogP contribution in [0.3, 0.4) is 0 Å². The van der Waals surface area contributed by atoms with Crippen molar-refractivity contribution in [1.29, 1.82) is 0 Å². The Morgan fingerprint density at radius 2 is 1.55 bits per heavy atom. The first-order valence-electron chi connectivity index (χ1n) is 11.3. The quantitative estimate of drug-likeness (QED) is 0.361. The van der Waals surface area contributed by atoms with Crippen LogP contribution in [-0.2, 0) is 10.0 Å². The van der Waals surface area contributed by atoms with Gasteiger partial charge in [-0.2, -0.15) is 0 Å². The summed E-state index contributed by atoms with van der Waals surface area (Å²) in [4.78, 5) is 24.4. The highest BCUT2D eigenvalue weighted by atomic mass is 32.2. The second kappa shape index (κ2) is 10.4. The molecule has 31 heavy (non-hydrogen) atoms. The maximum atomic E-state index is 12.9. The Balaban J connectivity index is 1.68. The molecule has 1 aliphatic rings. The van der Waals surface area contributed by atoms with E-state index in [1.807, 2.05) is 6.92 Å². The molecule has 0 bridgehead atoms. The fourth-order valence-electron chi connectivity index (χ4n) is 4.08. The first-order valence-corrected chi connectivity index (χ1v) is 12.7. The van der Waals surface area contributed by atoms with E-state index < -0.39 is 20.9 Å². The molecule has 0 heterocycles. The van der Waals surface area contributed by atoms with E-state index in [2.05, 4.69) is 22.3 Å². The molecule has 8 heteroatoms. The highest BCUT2D eigenvalue weighted by molar-refractivity contribution is 7.89. The van der Waals surface area contributed by atoms with Gasteiger partial charge in [0.25, 0.3) is 10.9 Å². The molecule has 2 aromatic rings. The van der Waals surface area contributed by atoms with E-state index in [4.69, 9.17) is 0 Å². The summed E-state index contributed by atoms with van der Waals surface area (Å²) in [6.07, 6.45) is 7.55. The van der Waals surface area contributed by atoms with E-state index in [-0.39, 0.29) is 17.0 Å². The van der Waals surface area contributed by atoms with Crippen LogP contribution in [0.2, 0.25) is 0 Å². The van der Waals surface area contributed by atoms with Gasteiger partial charge in [-0.25, -0.2) is 13.1 Å². The lowest BCUT2D eigenvalue weighted by Gasteiger charge is -2.34. The van der Waals surface area contributed by atoms with Crippen LogP contribution in [0.25, 0.3) is 0 Å². The maximum absolute atomic E-state index is 12.9. The summed E-state index contributed by atoms with van der Waals surface area (Å²) in [5.74, 6) is 0. The van der Waals surface area contributed by atoms with Crippen LogP contribution in [0, 0.1) is 6.92 Å². The molecule has 0 aliphatic heterocycles. The lowest BCUT2D eigenvalue weighted by atomic mass is 9.90. The second-order valence-electron chi connectivity index (χ2n) is 8.47. The van der Waals surface area contributed by atoms with Crippen molar-refractivity contribution in [3.63, 3.8) is 0 Å². The molecule has 3 N–H and O–H groups in total. The van der Waals surface area contributed by atoms with Gasteiger partial charge in [0.05, 0.1) is 4.90 Å². The largest absolute Gasteiger partial charge is 0.380 e. The molecular formula is C23H33N3O4S. The second-order valence-corrected chi connectivity index (χ2v) is 10.2. The van der Waals surface area contributed by atoms with E-state index in [1.54, 1.807) is 24.3 Å². The number of hydrogen-bond acceptors (Lipinski definition) is 6. The molecule has 0 aromatic heterocycles. The first-order chi connectivity index (χ1) is 14.8. The van der Waals surface area contributed by atoms with E-state index >= 15 is 0 Å². The van der Waals surface area contributed by atoms with Crippen molar-refractivity contribution in [2.75, 3.05) is 17.2 Å². The maximum Gasteiger partial charge on any atom is 0.253 e. The van der Waals surface area contributed by atoms with Crippen LogP contribution in [0.5, 0.6) is 0 Å². The Hall–Kier alpha value is -2.19. The third kappa shape index (κ3) is 5.74. The van der Waals surface area contributed by atoms with Gasteiger partial charge in [0.1, 0.15) is 11.4 Å². The summed E-state index contributed by atoms with van der Waals surface area (Å²) in [5, 5.41) is 6.29. The molecule has 1 aliphatic carbocycles. The lowest BCUT2D eigenvalue weighted by molar-refractivity contribution is 0.378. The average Bonchev–Trinajstić information content (AvgIpc) is 2.76. The molecule has 0 saturated heterocycles. The zero-order valence-corrected chi connectivity index (χ0v) is 19.2. The molecule has 0 radical (unpaired) electrons. The van der Waals surface area contributed by atoms with Gasteiger partial charge < -0.3 is 10.6 Å². The molecule has 3 rings (SSSR count). The van der Waals surface area contributed by atoms with Crippen molar-refractivity contribution in [2.24, 2.45) is 0 Å². The molecule has 7 nitrogen and oxygen atoms in total. The molecule has 0 spiro atoms. The zero-order valence-electron chi connectivity index (χ0n) is 18.4. The van der Waals surface area contributed by atoms with Gasteiger partial charge in [-0.1, -0.05) is 56.7 Å². The number of anilines is 2. The van der Waals surface area contributed by atoms with E-state index in [9.17, 15) is 18.0 Å². The fourth-order valence-corrected chi connectivity index (χ4v) is 5.39. The van der Waals surface area contributed by atoms with Crippen molar-refractivity contribution in [2.45, 2.75) is 82.2 Å². The number of aryl methyl sites for hydroxylation is 1. The van der Waals surface area contributed by atoms with Crippen LogP contribution in [0.15, 0.2) is 38.8 Å². The normalized spacial score (nSPS) is 19.4. The monoisotopic (exact) mass is 447 g/mol. The predicted molar refractivity (Wildman–Crippen MR) is 125 cm³/mol. The number of rotatable bonds is 11. The van der Waals surface area contributed by atoms with Crippen molar-refractivity contribution in [3.8, 4) is 0 Å². The van der Waals surface area contributed by atoms with Gasteiger partial charge in [0, 0.05) is 18.6 Å². The van der Waals surface area contributed by atoms with Crippen LogP contribution in [0.1, 0.15) is 63.9 Å². The first kappa shape index (κ1) is 23.5. The third-order valence-electron chi connectivity index (χ3n) is 5.98. The summed E-state index contributed by atoms with van der Waals surface area (Å²) in [7, 11) is -3.67. The van der Waals surface area contributed by atoms with Crippen LogP contribution >= 0.6 is 0 Å². The molecule has 2 unspecified atom stereocenters. The third-order valence-corrected chi connectivity index (χ3v) is 7.48. The molecular weight excluding hydrogens is 414 g/mol. The predicted octanol–water partition coefficient (Wildman–Crippen LogP) is 3.28. The molecule has 0 amide bonds. The zero-order chi connectivity index (χ0) is 22.4. The van der Waals surface area contributed by atoms with Gasteiger partial charge in [0.2, 0.25) is 10.0 Å². The van der Waals surface area contributed by atoms with Gasteiger partial charge >= 0.3 is 0 Å². The number of benzene rings is 1. The Morgan fingerprint density at radius 3 is 2.23 bits per heavy atom. The highest BCUT2D eigenvalue weighted by Crippen LogP contribution is 2.26. The minimum Gasteiger partial charge on any atom is -0.380 e. The summed E-state index contributed by atoms with van der Waals surface area (Å²) in [5.41, 5.74) is 0.609. The standard InChI is InChI=1S/C23H33N3O4S/c1-3-4-5-8-15-24-20-21(23(28)22(20)27)25-18-9-6-7-10-19(18)26-31(29,30)17-13-11-16(2)12-14-17/h11-14,18-19,24-26H,3-10,15H2,1-2H3. The van der Waals surface area contributed by atoms with Crippen molar-refractivity contribution in [3.05, 3.63) is 50.3 Å². The van der Waals surface area contributed by atoms with Crippen molar-refractivity contribution < 1.29 is 8.42 Å². The SMILES string of the molecule is CCCCCCNc1c(NC2CCCCC2NS(=O)(=O)c2ccc(C)cc2)c(=O)c1=O. The van der Waals surface area contributed by atoms with E-state index in [0.29, 0.717) is 24.3 Å². The number of sulfonamides is 1. The minimum atomic E-state index is -3.67. The topological polar surface area (TPSA) is 104 Å². The Morgan fingerprint density at radius 1 is 0.903 bits per heavy atom. The number of unbranched alkanes of at least 4 members (excludes halogenated alkanes) is 3. The molecule has 1 fully saturated rings. The molecule has 1 saturated carbocycles.